The van der Waals surface area contributed by atoms with Gasteiger partial charge in [-0.2, -0.15) is 30.9 Å². The highest BCUT2D eigenvalue weighted by atomic mass is 19.4. The number of alkyl halides is 6. The van der Waals surface area contributed by atoms with Crippen LogP contribution in [0.15, 0.2) is 41.1 Å². The van der Waals surface area contributed by atoms with Gasteiger partial charge in [-0.3, -0.25) is 0 Å². The molecule has 0 amide bonds. The highest BCUT2D eigenvalue weighted by Crippen LogP contribution is 2.13. The molecule has 0 spiro atoms. The average molecular weight is 376 g/mol. The van der Waals surface area contributed by atoms with Crippen LogP contribution in [0.1, 0.15) is 0 Å². The molecule has 0 aliphatic carbocycles. The third-order valence-electron chi connectivity index (χ3n) is 1.97. The molecule has 2 aromatic rings. The Bertz CT molecular complexity index is 758. The zero-order valence-electron chi connectivity index (χ0n) is 11.7. The van der Waals surface area contributed by atoms with Crippen molar-refractivity contribution in [1.82, 2.24) is 0 Å². The quantitative estimate of drug-likeness (QED) is 0.684. The molecule has 25 heavy (non-hydrogen) atoms. The minimum Gasteiger partial charge on any atom is -0.475 e. The lowest BCUT2D eigenvalue weighted by Crippen LogP contribution is -2.21. The van der Waals surface area contributed by atoms with Gasteiger partial charge in [-0.25, -0.2) is 9.59 Å². The van der Waals surface area contributed by atoms with Crippen molar-refractivity contribution in [2.24, 2.45) is 0 Å². The second-order valence-electron chi connectivity index (χ2n) is 3.84. The van der Waals surface area contributed by atoms with Gasteiger partial charge in [-0.1, -0.05) is 18.2 Å². The van der Waals surface area contributed by atoms with Crippen molar-refractivity contribution in [2.75, 3.05) is 0 Å². The third kappa shape index (κ3) is 8.92. The molecule has 1 aromatic carbocycles. The number of aromatic nitrogens is 1. The molecule has 13 heteroatoms. The number of benzene rings is 1. The van der Waals surface area contributed by atoms with Gasteiger partial charge in [-0.15, -0.1) is 0 Å². The van der Waals surface area contributed by atoms with Crippen molar-refractivity contribution in [3.63, 3.8) is 0 Å². The second-order valence-corrected chi connectivity index (χ2v) is 3.84. The van der Waals surface area contributed by atoms with E-state index in [2.05, 4.69) is 0 Å². The van der Waals surface area contributed by atoms with E-state index in [1.165, 1.54) is 6.20 Å². The number of hydrogen-bond donors (Lipinski definition) is 2. The predicted molar refractivity (Wildman–Crippen MR) is 67.0 cm³/mol. The third-order valence-corrected chi connectivity index (χ3v) is 1.97. The van der Waals surface area contributed by atoms with Crippen LogP contribution in [-0.2, 0) is 9.59 Å². The zero-order chi connectivity index (χ0) is 19.8. The molecular weight excluding hydrogens is 368 g/mol. The maximum absolute atomic E-state index is 10.6. The maximum Gasteiger partial charge on any atom is 0.490 e. The first-order valence-electron chi connectivity index (χ1n) is 5.77. The first kappa shape index (κ1) is 21.9. The Labute approximate surface area is 133 Å². The van der Waals surface area contributed by atoms with Gasteiger partial charge in [0.1, 0.15) is 0 Å². The molecule has 0 radical (unpaired) electrons. The summed E-state index contributed by atoms with van der Waals surface area (Å²) in [5.41, 5.74) is 0.602. The Hall–Kier alpha value is -3.12. The van der Waals surface area contributed by atoms with Crippen LogP contribution in [0.5, 0.6) is 0 Å². The summed E-state index contributed by atoms with van der Waals surface area (Å²) in [4.78, 5) is 28.4. The van der Waals surface area contributed by atoms with E-state index in [9.17, 15) is 31.2 Å². The molecule has 2 N–H and O–H groups in total. The summed E-state index contributed by atoms with van der Waals surface area (Å²) in [6.45, 7) is 0. The molecule has 0 aliphatic heterocycles. The molecule has 0 bridgehead atoms. The van der Waals surface area contributed by atoms with E-state index in [1.807, 2.05) is 18.2 Å². The minimum absolute atomic E-state index is 0.433. The van der Waals surface area contributed by atoms with Crippen molar-refractivity contribution < 1.29 is 55.3 Å². The monoisotopic (exact) mass is 376 g/mol. The highest BCUT2D eigenvalue weighted by molar-refractivity contribution is 5.75. The first-order chi connectivity index (χ1) is 11.2. The Morgan fingerprint density at radius 3 is 1.68 bits per heavy atom. The number of nitrogens with zero attached hydrogens (tertiary/aromatic N) is 1. The van der Waals surface area contributed by atoms with Crippen molar-refractivity contribution in [3.05, 3.63) is 41.4 Å². The van der Waals surface area contributed by atoms with Crippen LogP contribution in [0.2, 0.25) is 0 Å². The summed E-state index contributed by atoms with van der Waals surface area (Å²) in [6, 6.07) is 9.08. The molecule has 0 saturated carbocycles. The molecule has 0 atom stereocenters. The van der Waals surface area contributed by atoms with Crippen LogP contribution in [0.3, 0.4) is 0 Å². The smallest absolute Gasteiger partial charge is 0.475 e. The van der Waals surface area contributed by atoms with Gasteiger partial charge in [0, 0.05) is 11.5 Å². The maximum atomic E-state index is 10.6. The fourth-order valence-electron chi connectivity index (χ4n) is 0.970. The van der Waals surface area contributed by atoms with Crippen molar-refractivity contribution in [2.45, 2.75) is 12.4 Å². The van der Waals surface area contributed by atoms with Crippen molar-refractivity contribution >= 4 is 22.9 Å². The molecule has 7 nitrogen and oxygen atoms in total. The van der Waals surface area contributed by atoms with Gasteiger partial charge >= 0.3 is 24.3 Å². The van der Waals surface area contributed by atoms with E-state index in [-0.39, 0.29) is 0 Å². The van der Waals surface area contributed by atoms with Gasteiger partial charge in [-0.05, 0) is 6.07 Å². The fourth-order valence-corrected chi connectivity index (χ4v) is 0.970. The summed E-state index contributed by atoms with van der Waals surface area (Å²) in [5.74, 6) is -5.51. The number of rotatable bonds is 0. The summed E-state index contributed by atoms with van der Waals surface area (Å²) in [7, 11) is 0. The number of carboxylic acid groups (broad SMARTS) is 2. The van der Waals surface area contributed by atoms with Crippen molar-refractivity contribution in [1.29, 1.82) is 0 Å². The molecule has 2 rings (SSSR count). The average Bonchev–Trinajstić information content (AvgIpc) is 2.46. The number of carbonyl (C=O) groups is 2. The van der Waals surface area contributed by atoms with Gasteiger partial charge < -0.3 is 10.2 Å². The Balaban J connectivity index is 0.000000366. The Morgan fingerprint density at radius 2 is 1.28 bits per heavy atom. The number of carboxylic acids is 2. The minimum atomic E-state index is -5.08. The molecular formula is C12H8F6NO6+. The molecule has 1 aromatic heterocycles. The van der Waals surface area contributed by atoms with E-state index >= 15 is 0 Å². The Morgan fingerprint density at radius 1 is 0.880 bits per heavy atom. The zero-order valence-corrected chi connectivity index (χ0v) is 11.7. The molecule has 0 aliphatic rings. The van der Waals surface area contributed by atoms with E-state index in [4.69, 9.17) is 24.3 Å². The number of aliphatic carboxylic acids is 2. The predicted octanol–water partition coefficient (Wildman–Crippen LogP) is 2.61. The largest absolute Gasteiger partial charge is 0.490 e. The molecule has 138 valence electrons. The van der Waals surface area contributed by atoms with Crippen LogP contribution in [0.25, 0.3) is 11.0 Å². The summed E-state index contributed by atoms with van der Waals surface area (Å²) >= 11 is 0. The number of hydrogen-bond acceptors (Lipinski definition) is 4. The van der Waals surface area contributed by atoms with E-state index in [1.54, 1.807) is 12.1 Å². The van der Waals surface area contributed by atoms with Crippen LogP contribution >= 0.6 is 0 Å². The van der Waals surface area contributed by atoms with E-state index in [0.29, 0.717) is 10.2 Å². The van der Waals surface area contributed by atoms with Crippen molar-refractivity contribution in [3.8, 4) is 0 Å². The van der Waals surface area contributed by atoms with Gasteiger partial charge in [0.15, 0.2) is 0 Å². The first-order valence-corrected chi connectivity index (χ1v) is 5.77. The standard InChI is InChI=1S/C8H6NO2.2C2HF3O2/c10-9-6-5-7-3-1-2-4-8(7)11-9;2*3-2(4,5)1(6)7/h1-6H;2*(H,6,7)/q+1;;. The van der Waals surface area contributed by atoms with Gasteiger partial charge in [0.25, 0.3) is 10.8 Å². The molecule has 0 fully saturated rings. The topological polar surface area (TPSA) is 111 Å². The fraction of sp³-hybridized carbons (Fsp3) is 0.167. The van der Waals surface area contributed by atoms with Crippen LogP contribution in [0, 0.1) is 4.91 Å². The van der Waals surface area contributed by atoms with Crippen LogP contribution in [-0.4, -0.2) is 34.5 Å². The lowest BCUT2D eigenvalue weighted by Gasteiger charge is -1.93. The second kappa shape index (κ2) is 8.65. The lowest BCUT2D eigenvalue weighted by atomic mass is 10.2. The number of fused-ring (bicyclic) bond motifs is 1. The summed E-state index contributed by atoms with van der Waals surface area (Å²) in [6.07, 6.45) is -8.83. The summed E-state index contributed by atoms with van der Waals surface area (Å²) in [5, 5.41) is 15.2. The molecule has 0 unspecified atom stereocenters. The van der Waals surface area contributed by atoms with E-state index < -0.39 is 24.3 Å². The van der Waals surface area contributed by atoms with Crippen LogP contribution in [0.4, 0.5) is 26.3 Å². The molecule has 1 heterocycles. The number of halogens is 6. The lowest BCUT2D eigenvalue weighted by molar-refractivity contribution is -0.701. The van der Waals surface area contributed by atoms with Gasteiger partial charge in [0.2, 0.25) is 5.58 Å². The molecule has 0 saturated heterocycles. The normalized spacial score (nSPS) is 10.8. The van der Waals surface area contributed by atoms with Gasteiger partial charge in [0.05, 0.1) is 4.91 Å². The van der Waals surface area contributed by atoms with E-state index in [0.717, 1.165) is 5.39 Å². The Kier molecular flexibility index (Phi) is 7.57. The summed E-state index contributed by atoms with van der Waals surface area (Å²) < 4.78 is 68.7. The van der Waals surface area contributed by atoms with Crippen LogP contribution < -0.4 is 4.60 Å². The number of para-hydroxylation sites is 1. The highest BCUT2D eigenvalue weighted by Gasteiger charge is 2.38. The SMILES string of the molecule is O=C(O)C(F)(F)F.O=C(O)C(F)(F)F.O=[n+]1ccc2ccccc2o1.